The maximum atomic E-state index is 12.8. The summed E-state index contributed by atoms with van der Waals surface area (Å²) in [5.74, 6) is 4.10. The van der Waals surface area contributed by atoms with Crippen molar-refractivity contribution in [2.45, 2.75) is 51.4 Å². The lowest BCUT2D eigenvalue weighted by Crippen LogP contribution is -2.40. The van der Waals surface area contributed by atoms with Crippen LogP contribution in [0.4, 0.5) is 0 Å². The van der Waals surface area contributed by atoms with Crippen molar-refractivity contribution in [1.82, 2.24) is 0 Å². The van der Waals surface area contributed by atoms with Gasteiger partial charge in [0.25, 0.3) is 0 Å². The Morgan fingerprint density at radius 2 is 1.65 bits per heavy atom. The average Bonchev–Trinajstić information content (AvgIpc) is 3.12. The fourth-order valence-corrected chi connectivity index (χ4v) is 7.89. The first-order valence-corrected chi connectivity index (χ1v) is 9.94. The Bertz CT molecular complexity index is 664. The van der Waals surface area contributed by atoms with Gasteiger partial charge in [0, 0.05) is 11.8 Å². The van der Waals surface area contributed by atoms with Crippen LogP contribution < -0.4 is 0 Å². The lowest BCUT2D eigenvalue weighted by Gasteiger charge is -2.45. The molecule has 8 rings (SSSR count). The second kappa shape index (κ2) is 4.29. The minimum absolute atomic E-state index is 0.179. The molecule has 0 saturated heterocycles. The monoisotopic (exact) mass is 306 g/mol. The number of fused-ring (bicyclic) bond motifs is 3. The third-order valence-corrected chi connectivity index (χ3v) is 8.46. The van der Waals surface area contributed by atoms with Crippen LogP contribution in [0.5, 0.6) is 0 Å². The highest BCUT2D eigenvalue weighted by Gasteiger charge is 2.63. The molecule has 1 spiro atoms. The third-order valence-electron chi connectivity index (χ3n) is 8.46. The summed E-state index contributed by atoms with van der Waals surface area (Å²) >= 11 is 0. The quantitative estimate of drug-likeness (QED) is 0.585. The molecule has 2 saturated carbocycles. The summed E-state index contributed by atoms with van der Waals surface area (Å²) in [7, 11) is 0. The van der Waals surface area contributed by atoms with Crippen molar-refractivity contribution < 1.29 is 4.79 Å². The Balaban J connectivity index is 1.61. The van der Waals surface area contributed by atoms with Gasteiger partial charge in [0.1, 0.15) is 0 Å². The molecule has 23 heavy (non-hydrogen) atoms. The van der Waals surface area contributed by atoms with E-state index in [1.165, 1.54) is 51.4 Å². The number of hydrogen-bond acceptors (Lipinski definition) is 1. The van der Waals surface area contributed by atoms with Gasteiger partial charge in [-0.25, -0.2) is 0 Å². The summed E-state index contributed by atoms with van der Waals surface area (Å²) in [6.07, 6.45) is 20.1. The number of hydrogen-bond donors (Lipinski definition) is 0. The Hall–Kier alpha value is -1.11. The standard InChI is InChI=1S/C22H26O/c23-17-10-8-14-7-9-16(17)21-19(14)18-13-3-5-15(6-4-13)20(18)22(21)11-1-2-12-22/h7-10,13-16,19,21H,1-6,11-12H2/t13?,14-,15?,16-,19+,21+/m1/s1. The number of rotatable bonds is 0. The average molecular weight is 306 g/mol. The molecule has 0 aliphatic heterocycles. The molecule has 1 nitrogen and oxygen atoms in total. The van der Waals surface area contributed by atoms with Gasteiger partial charge in [-0.05, 0) is 73.7 Å². The van der Waals surface area contributed by atoms with Crippen LogP contribution in [0.2, 0.25) is 0 Å². The fourth-order valence-electron chi connectivity index (χ4n) is 7.89. The largest absolute Gasteiger partial charge is 0.294 e. The molecule has 0 unspecified atom stereocenters. The highest BCUT2D eigenvalue weighted by Crippen LogP contribution is 2.71. The van der Waals surface area contributed by atoms with Crippen molar-refractivity contribution in [1.29, 1.82) is 0 Å². The summed E-state index contributed by atoms with van der Waals surface area (Å²) in [6.45, 7) is 0. The van der Waals surface area contributed by atoms with E-state index >= 15 is 0 Å². The molecular formula is C22H26O. The molecule has 0 aromatic rings. The molecular weight excluding hydrogens is 280 g/mol. The van der Waals surface area contributed by atoms with Crippen LogP contribution in [0.15, 0.2) is 35.5 Å². The SMILES string of the molecule is O=C1C=C[C@H]2C=C[C@H]1[C@H]1[C@@H]2C2=C(C3CCC2CC3)C12CCCC2. The zero-order valence-electron chi connectivity index (χ0n) is 13.8. The van der Waals surface area contributed by atoms with E-state index < -0.39 is 0 Å². The van der Waals surface area contributed by atoms with Crippen LogP contribution in [0.1, 0.15) is 51.4 Å². The Kier molecular flexibility index (Phi) is 2.46. The van der Waals surface area contributed by atoms with Crippen LogP contribution >= 0.6 is 0 Å². The van der Waals surface area contributed by atoms with Crippen molar-refractivity contribution in [3.63, 3.8) is 0 Å². The van der Waals surface area contributed by atoms with Crippen molar-refractivity contribution >= 4 is 5.78 Å². The lowest BCUT2D eigenvalue weighted by atomic mass is 9.59. The van der Waals surface area contributed by atoms with Crippen molar-refractivity contribution in [3.8, 4) is 0 Å². The molecule has 2 fully saturated rings. The number of ketones is 1. The minimum atomic E-state index is 0.179. The van der Waals surface area contributed by atoms with E-state index in [4.69, 9.17) is 0 Å². The van der Waals surface area contributed by atoms with Gasteiger partial charge >= 0.3 is 0 Å². The molecule has 120 valence electrons. The van der Waals surface area contributed by atoms with Gasteiger partial charge in [-0.2, -0.15) is 0 Å². The van der Waals surface area contributed by atoms with Gasteiger partial charge in [0.15, 0.2) is 5.78 Å². The van der Waals surface area contributed by atoms with Crippen LogP contribution in [0, 0.1) is 40.9 Å². The van der Waals surface area contributed by atoms with Crippen molar-refractivity contribution in [2.24, 2.45) is 40.9 Å². The van der Waals surface area contributed by atoms with Crippen molar-refractivity contribution in [3.05, 3.63) is 35.5 Å². The van der Waals surface area contributed by atoms with Gasteiger partial charge in [-0.15, -0.1) is 0 Å². The molecule has 8 aliphatic carbocycles. The smallest absolute Gasteiger partial charge is 0.162 e. The van der Waals surface area contributed by atoms with E-state index in [1.807, 2.05) is 17.2 Å². The normalized spacial score (nSPS) is 48.3. The van der Waals surface area contributed by atoms with Gasteiger partial charge in [-0.1, -0.05) is 42.2 Å². The zero-order chi connectivity index (χ0) is 15.2. The Morgan fingerprint density at radius 1 is 0.913 bits per heavy atom. The molecule has 1 heteroatoms. The van der Waals surface area contributed by atoms with E-state index in [1.54, 1.807) is 0 Å². The molecule has 0 heterocycles. The van der Waals surface area contributed by atoms with E-state index in [0.29, 0.717) is 29.0 Å². The highest BCUT2D eigenvalue weighted by molar-refractivity contribution is 5.94. The van der Waals surface area contributed by atoms with E-state index in [2.05, 4.69) is 18.2 Å². The third kappa shape index (κ3) is 1.44. The maximum absolute atomic E-state index is 12.8. The van der Waals surface area contributed by atoms with Gasteiger partial charge in [0.05, 0.1) is 0 Å². The predicted octanol–water partition coefficient (Wildman–Crippen LogP) is 4.85. The Morgan fingerprint density at radius 3 is 2.43 bits per heavy atom. The highest BCUT2D eigenvalue weighted by atomic mass is 16.1. The topological polar surface area (TPSA) is 17.1 Å². The summed E-state index contributed by atoms with van der Waals surface area (Å²) in [5.41, 5.74) is 4.23. The zero-order valence-corrected chi connectivity index (χ0v) is 13.8. The van der Waals surface area contributed by atoms with E-state index in [0.717, 1.165) is 11.8 Å². The first-order chi connectivity index (χ1) is 11.3. The van der Waals surface area contributed by atoms with Crippen LogP contribution in [0.3, 0.4) is 0 Å². The number of carbonyl (C=O) groups excluding carboxylic acids is 1. The molecule has 0 radical (unpaired) electrons. The van der Waals surface area contributed by atoms with Gasteiger partial charge in [-0.3, -0.25) is 4.79 Å². The van der Waals surface area contributed by atoms with Crippen molar-refractivity contribution in [2.75, 3.05) is 0 Å². The van der Waals surface area contributed by atoms with Crippen LogP contribution in [-0.2, 0) is 4.79 Å². The molecule has 4 bridgehead atoms. The van der Waals surface area contributed by atoms with Crippen LogP contribution in [0.25, 0.3) is 0 Å². The molecule has 0 aromatic heterocycles. The lowest BCUT2D eigenvalue weighted by molar-refractivity contribution is -0.120. The molecule has 0 N–H and O–H groups in total. The number of carbonyl (C=O) groups is 1. The summed E-state index contributed by atoms with van der Waals surface area (Å²) in [4.78, 5) is 12.8. The summed E-state index contributed by atoms with van der Waals surface area (Å²) in [5, 5.41) is 0. The first-order valence-electron chi connectivity index (χ1n) is 9.94. The fraction of sp³-hybridized carbons (Fsp3) is 0.682. The number of allylic oxidation sites excluding steroid dienone is 6. The second-order valence-electron chi connectivity index (χ2n) is 9.08. The Labute approximate surface area is 138 Å². The van der Waals surface area contributed by atoms with E-state index in [9.17, 15) is 4.79 Å². The summed E-state index contributed by atoms with van der Waals surface area (Å²) < 4.78 is 0. The van der Waals surface area contributed by atoms with Gasteiger partial charge in [0.2, 0.25) is 0 Å². The molecule has 0 amide bonds. The molecule has 0 aromatic carbocycles. The summed E-state index contributed by atoms with van der Waals surface area (Å²) in [6, 6.07) is 0. The predicted molar refractivity (Wildman–Crippen MR) is 90.6 cm³/mol. The first kappa shape index (κ1) is 13.2. The second-order valence-corrected chi connectivity index (χ2v) is 9.08. The minimum Gasteiger partial charge on any atom is -0.294 e. The molecule has 4 atom stereocenters. The van der Waals surface area contributed by atoms with Gasteiger partial charge < -0.3 is 0 Å². The van der Waals surface area contributed by atoms with E-state index in [-0.39, 0.29) is 5.92 Å². The van der Waals surface area contributed by atoms with Crippen LogP contribution in [-0.4, -0.2) is 5.78 Å². The molecule has 8 aliphatic rings. The maximum Gasteiger partial charge on any atom is 0.162 e.